The Morgan fingerprint density at radius 2 is 0.942 bits per heavy atom. The molecule has 3 nitrogen and oxygen atoms in total. The zero-order chi connectivity index (χ0) is 45.4. The van der Waals surface area contributed by atoms with Crippen LogP contribution in [0.15, 0.2) is 231 Å². The quantitative estimate of drug-likeness (QED) is 0.156. The number of fused-ring (bicyclic) bond motifs is 11. The molecule has 322 valence electrons. The van der Waals surface area contributed by atoms with Crippen LogP contribution in [0.1, 0.15) is 18.4 Å². The lowest BCUT2D eigenvalue weighted by Crippen LogP contribution is -2.29. The summed E-state index contributed by atoms with van der Waals surface area (Å²) in [6, 6.07) is 82.1. The Morgan fingerprint density at radius 3 is 1.71 bits per heavy atom. The van der Waals surface area contributed by atoms with Gasteiger partial charge in [0.25, 0.3) is 0 Å². The highest BCUT2D eigenvalue weighted by Gasteiger charge is 2.18. The maximum Gasteiger partial charge on any atom is 0.0979 e. The topological polar surface area (TPSA) is 30.7 Å². The van der Waals surface area contributed by atoms with Crippen molar-refractivity contribution < 1.29 is 0 Å². The van der Waals surface area contributed by atoms with Crippen molar-refractivity contribution in [2.24, 2.45) is 0 Å². The highest BCUT2D eigenvalue weighted by molar-refractivity contribution is 6.23. The van der Waals surface area contributed by atoms with Crippen LogP contribution in [0.25, 0.3) is 127 Å². The molecule has 2 aromatic heterocycles. The summed E-state index contributed by atoms with van der Waals surface area (Å²) < 4.78 is 2.46. The Morgan fingerprint density at radius 1 is 0.377 bits per heavy atom. The highest BCUT2D eigenvalue weighted by atomic mass is 15.0. The Bertz CT molecular complexity index is 4340. The van der Waals surface area contributed by atoms with Crippen LogP contribution in [-0.4, -0.2) is 14.5 Å². The van der Waals surface area contributed by atoms with Gasteiger partial charge in [0.15, 0.2) is 0 Å². The van der Waals surface area contributed by atoms with Crippen LogP contribution in [0.3, 0.4) is 0 Å². The molecule has 3 heteroatoms. The molecule has 0 N–H and O–H groups in total. The second kappa shape index (κ2) is 15.9. The average Bonchev–Trinajstić information content (AvgIpc) is 3.75. The number of rotatable bonds is 6. The van der Waals surface area contributed by atoms with E-state index in [0.29, 0.717) is 0 Å². The second-order valence-electron chi connectivity index (χ2n) is 18.4. The van der Waals surface area contributed by atoms with Gasteiger partial charge in [0.1, 0.15) is 0 Å². The van der Waals surface area contributed by atoms with E-state index in [1.54, 1.807) is 0 Å². The van der Waals surface area contributed by atoms with E-state index in [1.165, 1.54) is 76.1 Å². The maximum absolute atomic E-state index is 5.30. The lowest BCUT2D eigenvalue weighted by molar-refractivity contribution is 1.08. The molecule has 0 aliphatic heterocycles. The first-order chi connectivity index (χ1) is 34.2. The third-order valence-corrected chi connectivity index (χ3v) is 14.5. The molecule has 1 aliphatic rings. The fraction of sp³-hybridized carbons (Fsp3) is 0.0303. The maximum atomic E-state index is 5.30. The van der Waals surface area contributed by atoms with Crippen LogP contribution in [0.2, 0.25) is 0 Å². The van der Waals surface area contributed by atoms with Crippen molar-refractivity contribution in [3.05, 3.63) is 247 Å². The second-order valence-corrected chi connectivity index (χ2v) is 18.4. The summed E-state index contributed by atoms with van der Waals surface area (Å²) in [5.74, 6) is 0. The predicted molar refractivity (Wildman–Crippen MR) is 290 cm³/mol. The van der Waals surface area contributed by atoms with Crippen molar-refractivity contribution in [1.29, 1.82) is 0 Å². The Balaban J connectivity index is 0.876. The molecule has 11 aromatic carbocycles. The van der Waals surface area contributed by atoms with E-state index in [-0.39, 0.29) is 0 Å². The number of aromatic nitrogens is 3. The van der Waals surface area contributed by atoms with Gasteiger partial charge in [-0.2, -0.15) is 0 Å². The van der Waals surface area contributed by atoms with Crippen LogP contribution in [-0.2, 0) is 0 Å². The molecular weight excluding hydrogens is 835 g/mol. The third-order valence-electron chi connectivity index (χ3n) is 14.5. The first-order valence-corrected chi connectivity index (χ1v) is 23.9. The van der Waals surface area contributed by atoms with Gasteiger partial charge >= 0.3 is 0 Å². The zero-order valence-corrected chi connectivity index (χ0v) is 37.8. The van der Waals surface area contributed by atoms with Crippen LogP contribution < -0.4 is 10.4 Å². The standard InChI is InChI=1S/C66H43N3/c1-3-24-52-42(14-1)16-12-30-54(52)48-32-34-63-60(39-48)61-40-49(55-31-13-17-43-15-2-4-25-53(43)55)33-35-64(61)69(63)51-23-11-21-47(38-51)45-19-9-18-44(36-45)46-20-10-22-50(37-46)62-41-67-65-58-28-7-5-26-56(58)57-27-6-8-29-59(57)66(65)68-62/h1-12,14-30,32-41H,13,31H2. The van der Waals surface area contributed by atoms with E-state index in [0.717, 1.165) is 73.8 Å². The molecule has 1 aliphatic carbocycles. The van der Waals surface area contributed by atoms with Crippen molar-refractivity contribution in [3.63, 3.8) is 0 Å². The first kappa shape index (κ1) is 39.3. The number of nitrogens with zero attached hydrogens (tertiary/aromatic N) is 3. The molecule has 0 amide bonds. The van der Waals surface area contributed by atoms with E-state index in [4.69, 9.17) is 9.97 Å². The van der Waals surface area contributed by atoms with Crippen LogP contribution in [0, 0.1) is 0 Å². The lowest BCUT2D eigenvalue weighted by Gasteiger charge is -2.13. The summed E-state index contributed by atoms with van der Waals surface area (Å²) in [6.45, 7) is 0. The van der Waals surface area contributed by atoms with Gasteiger partial charge in [-0.15, -0.1) is 0 Å². The van der Waals surface area contributed by atoms with Crippen molar-refractivity contribution in [2.75, 3.05) is 0 Å². The zero-order valence-electron chi connectivity index (χ0n) is 37.8. The summed E-state index contributed by atoms with van der Waals surface area (Å²) in [7, 11) is 0. The molecular formula is C66H43N3. The van der Waals surface area contributed by atoms with Gasteiger partial charge < -0.3 is 4.57 Å². The van der Waals surface area contributed by atoms with Crippen molar-refractivity contribution in [1.82, 2.24) is 14.5 Å². The van der Waals surface area contributed by atoms with E-state index in [1.807, 2.05) is 6.20 Å². The highest BCUT2D eigenvalue weighted by Crippen LogP contribution is 2.40. The molecule has 0 saturated heterocycles. The van der Waals surface area contributed by atoms with Crippen molar-refractivity contribution in [3.8, 4) is 50.3 Å². The molecule has 69 heavy (non-hydrogen) atoms. The molecule has 13 aromatic rings. The summed E-state index contributed by atoms with van der Waals surface area (Å²) in [6.07, 6.45) is 6.38. The Kier molecular flexibility index (Phi) is 9.03. The van der Waals surface area contributed by atoms with Crippen molar-refractivity contribution >= 4 is 76.8 Å². The summed E-state index contributed by atoms with van der Waals surface area (Å²) >= 11 is 0. The summed E-state index contributed by atoms with van der Waals surface area (Å²) in [5.41, 5.74) is 17.0. The van der Waals surface area contributed by atoms with Gasteiger partial charge in [0.2, 0.25) is 0 Å². The van der Waals surface area contributed by atoms with Crippen LogP contribution >= 0.6 is 0 Å². The smallest absolute Gasteiger partial charge is 0.0979 e. The SMILES string of the molecule is C1=c2ccccc2=C(c2ccc3c(c2)c2cc(-c4cccc5ccccc45)ccc2n3-c2cccc(-c3cccc(-c4cccc(-c5cnc6c7ccccc7c7ccccc7c6n5)c4)c3)c2)CC1. The average molecular weight is 878 g/mol. The fourth-order valence-electron chi connectivity index (χ4n) is 11.2. The van der Waals surface area contributed by atoms with Gasteiger partial charge in [-0.05, 0) is 138 Å². The largest absolute Gasteiger partial charge is 0.309 e. The summed E-state index contributed by atoms with van der Waals surface area (Å²) in [5, 5.41) is 12.3. The van der Waals surface area contributed by atoms with E-state index < -0.39 is 0 Å². The van der Waals surface area contributed by atoms with Gasteiger partial charge in [-0.25, -0.2) is 4.98 Å². The summed E-state index contributed by atoms with van der Waals surface area (Å²) in [4.78, 5) is 10.4. The van der Waals surface area contributed by atoms with E-state index in [2.05, 4.69) is 235 Å². The molecule has 0 spiro atoms. The minimum atomic E-state index is 0.858. The molecule has 0 fully saturated rings. The Hall–Kier alpha value is -8.92. The molecule has 14 rings (SSSR count). The molecule has 0 unspecified atom stereocenters. The third kappa shape index (κ3) is 6.50. The van der Waals surface area contributed by atoms with E-state index in [9.17, 15) is 0 Å². The minimum absolute atomic E-state index is 0.858. The van der Waals surface area contributed by atoms with Crippen LogP contribution in [0.4, 0.5) is 0 Å². The molecule has 0 bridgehead atoms. The molecule has 0 atom stereocenters. The number of hydrogen-bond donors (Lipinski definition) is 0. The van der Waals surface area contributed by atoms with E-state index >= 15 is 0 Å². The molecule has 0 radical (unpaired) electrons. The normalized spacial score (nSPS) is 12.6. The molecule has 0 saturated carbocycles. The number of hydrogen-bond acceptors (Lipinski definition) is 2. The Labute approximate surface area is 399 Å². The molecule has 2 heterocycles. The van der Waals surface area contributed by atoms with Gasteiger partial charge in [0, 0.05) is 32.8 Å². The van der Waals surface area contributed by atoms with Crippen molar-refractivity contribution in [2.45, 2.75) is 12.8 Å². The first-order valence-electron chi connectivity index (χ1n) is 23.9. The number of benzene rings is 11. The monoisotopic (exact) mass is 877 g/mol. The van der Waals surface area contributed by atoms with Gasteiger partial charge in [0.05, 0.1) is 34.0 Å². The minimum Gasteiger partial charge on any atom is -0.309 e. The van der Waals surface area contributed by atoms with Gasteiger partial charge in [-0.3, -0.25) is 4.98 Å². The lowest BCUT2D eigenvalue weighted by atomic mass is 9.92. The predicted octanol–water partition coefficient (Wildman–Crippen LogP) is 15.6. The van der Waals surface area contributed by atoms with Gasteiger partial charge in [-0.1, -0.05) is 182 Å². The fourth-order valence-corrected chi connectivity index (χ4v) is 11.2. The van der Waals surface area contributed by atoms with Crippen LogP contribution in [0.5, 0.6) is 0 Å².